The third kappa shape index (κ3) is 2.71. The Hall–Kier alpha value is -0.640. The Kier molecular flexibility index (Phi) is 3.48. The van der Waals surface area contributed by atoms with Gasteiger partial charge in [-0.25, -0.2) is 0 Å². The Balaban J connectivity index is 1.37. The van der Waals surface area contributed by atoms with E-state index in [4.69, 9.17) is 12.2 Å². The normalized spacial score (nSPS) is 40.6. The second-order valence-corrected chi connectivity index (χ2v) is 8.53. The van der Waals surface area contributed by atoms with Crippen LogP contribution in [0.3, 0.4) is 0 Å². The number of hydrogen-bond donors (Lipinski definition) is 1. The van der Waals surface area contributed by atoms with Crippen molar-refractivity contribution in [3.05, 3.63) is 0 Å². The first-order chi connectivity index (χ1) is 10.1. The Morgan fingerprint density at radius 2 is 1.57 bits per heavy atom. The molecule has 0 aromatic carbocycles. The van der Waals surface area contributed by atoms with Crippen molar-refractivity contribution in [2.75, 3.05) is 13.1 Å². The Morgan fingerprint density at radius 1 is 1.05 bits per heavy atom. The molecule has 21 heavy (non-hydrogen) atoms. The van der Waals surface area contributed by atoms with Gasteiger partial charge in [-0.2, -0.15) is 0 Å². The molecule has 4 heteroatoms. The molecule has 5 aliphatic rings. The molecule has 5 rings (SSSR count). The minimum absolute atomic E-state index is 0.175. The number of nitrogens with zero attached hydrogens (tertiary/aromatic N) is 1. The van der Waals surface area contributed by atoms with Gasteiger partial charge in [0.2, 0.25) is 5.91 Å². The molecule has 1 aliphatic heterocycles. The number of carbonyl (C=O) groups is 1. The quantitative estimate of drug-likeness (QED) is 0.796. The van der Waals surface area contributed by atoms with Gasteiger partial charge in [0.05, 0.1) is 0 Å². The summed E-state index contributed by atoms with van der Waals surface area (Å²) in [6, 6.07) is 0. The molecule has 1 N–H and O–H groups in total. The highest BCUT2D eigenvalue weighted by Crippen LogP contribution is 2.61. The third-order valence-corrected chi connectivity index (χ3v) is 6.70. The molecule has 1 saturated heterocycles. The molecule has 0 radical (unpaired) electrons. The molecule has 4 aliphatic carbocycles. The molecule has 116 valence electrons. The van der Waals surface area contributed by atoms with Crippen molar-refractivity contribution < 1.29 is 4.79 Å². The minimum atomic E-state index is 0.175. The molecule has 1 amide bonds. The van der Waals surface area contributed by atoms with Gasteiger partial charge in [0.15, 0.2) is 5.11 Å². The average Bonchev–Trinajstić information content (AvgIpc) is 2.89. The molecule has 5 fully saturated rings. The van der Waals surface area contributed by atoms with E-state index in [1.165, 1.54) is 51.4 Å². The lowest BCUT2D eigenvalue weighted by molar-refractivity contribution is -0.128. The summed E-state index contributed by atoms with van der Waals surface area (Å²) < 4.78 is 0. The fourth-order valence-electron chi connectivity index (χ4n) is 6.01. The van der Waals surface area contributed by atoms with Crippen LogP contribution >= 0.6 is 12.2 Å². The van der Waals surface area contributed by atoms with Gasteiger partial charge in [0.1, 0.15) is 0 Å². The molecule has 0 atom stereocenters. The van der Waals surface area contributed by atoms with Gasteiger partial charge in [-0.1, -0.05) is 0 Å². The van der Waals surface area contributed by atoms with Crippen molar-refractivity contribution in [2.24, 2.45) is 23.2 Å². The zero-order valence-corrected chi connectivity index (χ0v) is 13.6. The van der Waals surface area contributed by atoms with Crippen molar-refractivity contribution in [1.29, 1.82) is 0 Å². The number of likely N-dealkylation sites (tertiary alicyclic amines) is 1. The predicted molar refractivity (Wildman–Crippen MR) is 86.8 cm³/mol. The van der Waals surface area contributed by atoms with Gasteiger partial charge in [0, 0.05) is 19.5 Å². The Labute approximate surface area is 132 Å². The van der Waals surface area contributed by atoms with E-state index in [1.807, 2.05) is 0 Å². The van der Waals surface area contributed by atoms with Crippen molar-refractivity contribution >= 4 is 23.2 Å². The highest BCUT2D eigenvalue weighted by Gasteiger charge is 2.51. The summed E-state index contributed by atoms with van der Waals surface area (Å²) >= 11 is 5.39. The van der Waals surface area contributed by atoms with Crippen molar-refractivity contribution in [2.45, 2.75) is 57.8 Å². The smallest absolute Gasteiger partial charge is 0.226 e. The molecule has 0 aromatic rings. The van der Waals surface area contributed by atoms with Gasteiger partial charge < -0.3 is 10.2 Å². The van der Waals surface area contributed by atoms with Crippen LogP contribution in [0.2, 0.25) is 0 Å². The summed E-state index contributed by atoms with van der Waals surface area (Å²) in [5.74, 6) is 2.91. The van der Waals surface area contributed by atoms with Crippen LogP contribution in [-0.2, 0) is 4.79 Å². The van der Waals surface area contributed by atoms with Crippen LogP contribution in [0.5, 0.6) is 0 Å². The standard InChI is InChI=1S/C17H26N2OS/c20-15(18-16(21)19-3-1-2-4-19)11-17-8-12-5-13(9-17)7-14(6-12)10-17/h12-14H,1-11H2,(H,18,20,21). The zero-order chi connectivity index (χ0) is 14.4. The second-order valence-electron chi connectivity index (χ2n) is 8.14. The highest BCUT2D eigenvalue weighted by atomic mass is 32.1. The molecule has 0 unspecified atom stereocenters. The van der Waals surface area contributed by atoms with Crippen LogP contribution in [0.25, 0.3) is 0 Å². The average molecular weight is 306 g/mol. The number of amides is 1. The summed E-state index contributed by atoms with van der Waals surface area (Å²) in [7, 11) is 0. The maximum absolute atomic E-state index is 12.5. The van der Waals surface area contributed by atoms with Gasteiger partial charge >= 0.3 is 0 Å². The summed E-state index contributed by atoms with van der Waals surface area (Å²) in [6.45, 7) is 2.02. The van der Waals surface area contributed by atoms with E-state index in [2.05, 4.69) is 10.2 Å². The van der Waals surface area contributed by atoms with E-state index < -0.39 is 0 Å². The number of nitrogens with one attached hydrogen (secondary N) is 1. The largest absolute Gasteiger partial charge is 0.349 e. The lowest BCUT2D eigenvalue weighted by Gasteiger charge is -2.56. The lowest BCUT2D eigenvalue weighted by atomic mass is 9.49. The zero-order valence-electron chi connectivity index (χ0n) is 12.8. The molecule has 4 saturated carbocycles. The third-order valence-electron chi connectivity index (χ3n) is 6.34. The molecular formula is C17H26N2OS. The van der Waals surface area contributed by atoms with Crippen LogP contribution in [0.15, 0.2) is 0 Å². The first-order valence-corrected chi connectivity index (χ1v) is 9.11. The Bertz CT molecular complexity index is 420. The van der Waals surface area contributed by atoms with Crippen LogP contribution in [0, 0.1) is 23.2 Å². The molecule has 4 bridgehead atoms. The van der Waals surface area contributed by atoms with Crippen molar-refractivity contribution in [1.82, 2.24) is 10.2 Å². The first-order valence-electron chi connectivity index (χ1n) is 8.71. The Morgan fingerprint density at radius 3 is 2.10 bits per heavy atom. The van der Waals surface area contributed by atoms with Gasteiger partial charge in [0.25, 0.3) is 0 Å². The molecule has 1 heterocycles. The van der Waals surface area contributed by atoms with E-state index >= 15 is 0 Å². The SMILES string of the molecule is O=C(CC12CC3CC(CC(C3)C1)C2)NC(=S)N1CCCC1. The van der Waals surface area contributed by atoms with E-state index in [-0.39, 0.29) is 5.91 Å². The van der Waals surface area contributed by atoms with E-state index in [0.717, 1.165) is 30.8 Å². The monoisotopic (exact) mass is 306 g/mol. The van der Waals surface area contributed by atoms with Gasteiger partial charge in [-0.05, 0) is 86.8 Å². The van der Waals surface area contributed by atoms with Gasteiger partial charge in [-0.3, -0.25) is 4.79 Å². The van der Waals surface area contributed by atoms with Gasteiger partial charge in [-0.15, -0.1) is 0 Å². The number of thiocarbonyl (C=S) groups is 1. The summed E-state index contributed by atoms with van der Waals surface area (Å²) in [5, 5.41) is 3.68. The summed E-state index contributed by atoms with van der Waals surface area (Å²) in [6.07, 6.45) is 11.3. The fourth-order valence-corrected chi connectivity index (χ4v) is 6.31. The molecule has 0 spiro atoms. The number of carbonyl (C=O) groups excluding carboxylic acids is 1. The van der Waals surface area contributed by atoms with Crippen molar-refractivity contribution in [3.8, 4) is 0 Å². The number of rotatable bonds is 2. The molecular weight excluding hydrogens is 280 g/mol. The first kappa shape index (κ1) is 14.0. The fraction of sp³-hybridized carbons (Fsp3) is 0.882. The lowest BCUT2D eigenvalue weighted by Crippen LogP contribution is -2.49. The number of hydrogen-bond acceptors (Lipinski definition) is 2. The van der Waals surface area contributed by atoms with Crippen LogP contribution in [0.4, 0.5) is 0 Å². The maximum Gasteiger partial charge on any atom is 0.226 e. The molecule has 0 aromatic heterocycles. The van der Waals surface area contributed by atoms with E-state index in [0.29, 0.717) is 16.9 Å². The second kappa shape index (κ2) is 5.22. The minimum Gasteiger partial charge on any atom is -0.349 e. The summed E-state index contributed by atoms with van der Waals surface area (Å²) in [4.78, 5) is 14.6. The summed E-state index contributed by atoms with van der Waals surface area (Å²) in [5.41, 5.74) is 0.319. The van der Waals surface area contributed by atoms with Crippen molar-refractivity contribution in [3.63, 3.8) is 0 Å². The van der Waals surface area contributed by atoms with Crippen LogP contribution < -0.4 is 5.32 Å². The van der Waals surface area contributed by atoms with E-state index in [1.54, 1.807) is 0 Å². The van der Waals surface area contributed by atoms with Crippen LogP contribution in [-0.4, -0.2) is 29.0 Å². The highest BCUT2D eigenvalue weighted by molar-refractivity contribution is 7.80. The molecule has 3 nitrogen and oxygen atoms in total. The van der Waals surface area contributed by atoms with E-state index in [9.17, 15) is 4.79 Å². The van der Waals surface area contributed by atoms with Crippen LogP contribution in [0.1, 0.15) is 57.8 Å². The maximum atomic E-state index is 12.5. The predicted octanol–water partition coefficient (Wildman–Crippen LogP) is 3.09. The topological polar surface area (TPSA) is 32.3 Å².